The number of unbranched alkanes of at least 4 members (excludes halogenated alkanes) is 2. The average molecular weight is 297 g/mol. The maximum absolute atomic E-state index is 5.55. The minimum absolute atomic E-state index is 0.840. The van der Waals surface area contributed by atoms with Crippen molar-refractivity contribution in [3.05, 3.63) is 0 Å². The lowest BCUT2D eigenvalue weighted by Gasteiger charge is -2.35. The highest BCUT2D eigenvalue weighted by Gasteiger charge is 2.16. The molecular formula is C16H35N5. The second-order valence-corrected chi connectivity index (χ2v) is 6.48. The van der Waals surface area contributed by atoms with Crippen molar-refractivity contribution in [1.82, 2.24) is 20.0 Å². The normalized spacial score (nSPS) is 22.7. The van der Waals surface area contributed by atoms with Gasteiger partial charge < -0.3 is 25.8 Å². The molecule has 0 aromatic heterocycles. The highest BCUT2D eigenvalue weighted by Crippen LogP contribution is 2.06. The number of nitrogens with two attached hydrogens (primary N) is 1. The van der Waals surface area contributed by atoms with E-state index in [1.54, 1.807) is 0 Å². The molecule has 2 saturated heterocycles. The molecule has 0 aliphatic carbocycles. The molecule has 0 spiro atoms. The standard InChI is InChI=1S/C16H35N5/c17-5-1-2-8-20-13-15-21(16-14-20)10-4-3-9-19-11-6-18-7-12-19/h18H,1-17H2. The van der Waals surface area contributed by atoms with Crippen molar-refractivity contribution in [1.29, 1.82) is 0 Å². The van der Waals surface area contributed by atoms with Crippen LogP contribution in [-0.2, 0) is 0 Å². The van der Waals surface area contributed by atoms with Crippen molar-refractivity contribution in [3.8, 4) is 0 Å². The second kappa shape index (κ2) is 10.5. The van der Waals surface area contributed by atoms with Crippen LogP contribution < -0.4 is 11.1 Å². The lowest BCUT2D eigenvalue weighted by atomic mass is 10.2. The Labute approximate surface area is 130 Å². The molecule has 2 rings (SSSR count). The summed E-state index contributed by atoms with van der Waals surface area (Å²) in [6, 6.07) is 0. The number of nitrogens with one attached hydrogen (secondary N) is 1. The van der Waals surface area contributed by atoms with Crippen molar-refractivity contribution in [2.45, 2.75) is 25.7 Å². The van der Waals surface area contributed by atoms with Crippen molar-refractivity contribution in [3.63, 3.8) is 0 Å². The maximum atomic E-state index is 5.55. The van der Waals surface area contributed by atoms with Crippen LogP contribution in [0.25, 0.3) is 0 Å². The Morgan fingerprint density at radius 2 is 1.05 bits per heavy atom. The van der Waals surface area contributed by atoms with E-state index in [-0.39, 0.29) is 0 Å². The molecule has 2 heterocycles. The molecule has 0 atom stereocenters. The molecule has 5 nitrogen and oxygen atoms in total. The van der Waals surface area contributed by atoms with E-state index in [0.717, 1.165) is 6.54 Å². The molecule has 0 amide bonds. The molecule has 0 aromatic rings. The van der Waals surface area contributed by atoms with Gasteiger partial charge in [0.1, 0.15) is 0 Å². The molecular weight excluding hydrogens is 262 g/mol. The Hall–Kier alpha value is -0.200. The van der Waals surface area contributed by atoms with Gasteiger partial charge in [0.25, 0.3) is 0 Å². The van der Waals surface area contributed by atoms with E-state index in [9.17, 15) is 0 Å². The average Bonchev–Trinajstić information content (AvgIpc) is 2.54. The van der Waals surface area contributed by atoms with Gasteiger partial charge in [-0.3, -0.25) is 0 Å². The molecule has 0 saturated carbocycles. The second-order valence-electron chi connectivity index (χ2n) is 6.48. The van der Waals surface area contributed by atoms with Gasteiger partial charge in [-0.1, -0.05) is 0 Å². The molecule has 0 bridgehead atoms. The Morgan fingerprint density at radius 1 is 0.619 bits per heavy atom. The number of rotatable bonds is 9. The summed E-state index contributed by atoms with van der Waals surface area (Å²) in [6.07, 6.45) is 5.15. The summed E-state index contributed by atoms with van der Waals surface area (Å²) >= 11 is 0. The van der Waals surface area contributed by atoms with Gasteiger partial charge in [-0.15, -0.1) is 0 Å². The number of nitrogens with zero attached hydrogens (tertiary/aromatic N) is 3. The summed E-state index contributed by atoms with van der Waals surface area (Å²) in [5.74, 6) is 0. The zero-order valence-electron chi connectivity index (χ0n) is 13.7. The van der Waals surface area contributed by atoms with Gasteiger partial charge in [-0.25, -0.2) is 0 Å². The first-order valence-electron chi connectivity index (χ1n) is 8.96. The largest absolute Gasteiger partial charge is 0.330 e. The monoisotopic (exact) mass is 297 g/mol. The Kier molecular flexibility index (Phi) is 8.59. The van der Waals surface area contributed by atoms with Crippen LogP contribution in [0.2, 0.25) is 0 Å². The number of hydrogen-bond acceptors (Lipinski definition) is 5. The van der Waals surface area contributed by atoms with Crippen molar-refractivity contribution >= 4 is 0 Å². The van der Waals surface area contributed by atoms with E-state index in [0.29, 0.717) is 0 Å². The van der Waals surface area contributed by atoms with Crippen molar-refractivity contribution in [2.24, 2.45) is 5.73 Å². The zero-order chi connectivity index (χ0) is 14.8. The van der Waals surface area contributed by atoms with Crippen LogP contribution in [0.15, 0.2) is 0 Å². The van der Waals surface area contributed by atoms with Gasteiger partial charge >= 0.3 is 0 Å². The van der Waals surface area contributed by atoms with Gasteiger partial charge in [-0.05, 0) is 51.9 Å². The van der Waals surface area contributed by atoms with Gasteiger partial charge in [0.05, 0.1) is 0 Å². The quantitative estimate of drug-likeness (QED) is 0.588. The van der Waals surface area contributed by atoms with Crippen LogP contribution >= 0.6 is 0 Å². The van der Waals surface area contributed by atoms with E-state index in [4.69, 9.17) is 5.73 Å². The summed E-state index contributed by atoms with van der Waals surface area (Å²) in [6.45, 7) is 14.5. The highest BCUT2D eigenvalue weighted by atomic mass is 15.3. The third kappa shape index (κ3) is 7.06. The van der Waals surface area contributed by atoms with E-state index in [2.05, 4.69) is 20.0 Å². The van der Waals surface area contributed by atoms with Gasteiger partial charge in [0, 0.05) is 52.4 Å². The summed E-state index contributed by atoms with van der Waals surface area (Å²) in [5, 5.41) is 3.42. The molecule has 2 aliphatic heterocycles. The minimum Gasteiger partial charge on any atom is -0.330 e. The number of piperazine rings is 2. The first-order chi connectivity index (χ1) is 10.4. The Morgan fingerprint density at radius 3 is 1.52 bits per heavy atom. The van der Waals surface area contributed by atoms with Gasteiger partial charge in [0.15, 0.2) is 0 Å². The molecule has 0 aromatic carbocycles. The predicted molar refractivity (Wildman–Crippen MR) is 89.7 cm³/mol. The third-order valence-electron chi connectivity index (χ3n) is 4.80. The Bertz CT molecular complexity index is 247. The van der Waals surface area contributed by atoms with Gasteiger partial charge in [0.2, 0.25) is 0 Å². The molecule has 3 N–H and O–H groups in total. The summed E-state index contributed by atoms with van der Waals surface area (Å²) < 4.78 is 0. The van der Waals surface area contributed by atoms with Crippen LogP contribution in [0, 0.1) is 0 Å². The zero-order valence-corrected chi connectivity index (χ0v) is 13.7. The first-order valence-corrected chi connectivity index (χ1v) is 8.96. The highest BCUT2D eigenvalue weighted by molar-refractivity contribution is 4.72. The third-order valence-corrected chi connectivity index (χ3v) is 4.80. The lowest BCUT2D eigenvalue weighted by molar-refractivity contribution is 0.127. The fourth-order valence-electron chi connectivity index (χ4n) is 3.32. The van der Waals surface area contributed by atoms with E-state index in [1.165, 1.54) is 97.7 Å². The summed E-state index contributed by atoms with van der Waals surface area (Å²) in [7, 11) is 0. The minimum atomic E-state index is 0.840. The molecule has 5 heteroatoms. The van der Waals surface area contributed by atoms with Crippen LogP contribution in [0.3, 0.4) is 0 Å². The summed E-state index contributed by atoms with van der Waals surface area (Å²) in [4.78, 5) is 7.86. The summed E-state index contributed by atoms with van der Waals surface area (Å²) in [5.41, 5.74) is 5.55. The molecule has 21 heavy (non-hydrogen) atoms. The maximum Gasteiger partial charge on any atom is 0.0110 e. The first kappa shape index (κ1) is 17.2. The smallest absolute Gasteiger partial charge is 0.0110 e. The van der Waals surface area contributed by atoms with E-state index >= 15 is 0 Å². The Balaban J connectivity index is 1.45. The van der Waals surface area contributed by atoms with Crippen molar-refractivity contribution < 1.29 is 0 Å². The van der Waals surface area contributed by atoms with E-state index < -0.39 is 0 Å². The van der Waals surface area contributed by atoms with Crippen LogP contribution in [0.4, 0.5) is 0 Å². The van der Waals surface area contributed by atoms with E-state index in [1.807, 2.05) is 0 Å². The molecule has 2 aliphatic rings. The van der Waals surface area contributed by atoms with Crippen LogP contribution in [0.1, 0.15) is 25.7 Å². The van der Waals surface area contributed by atoms with Crippen LogP contribution in [0.5, 0.6) is 0 Å². The SMILES string of the molecule is NCCCCN1CCN(CCCCN2CCNCC2)CC1. The predicted octanol–water partition coefficient (Wildman–Crippen LogP) is 0.0283. The molecule has 2 fully saturated rings. The molecule has 124 valence electrons. The lowest BCUT2D eigenvalue weighted by Crippen LogP contribution is -2.47. The fourth-order valence-corrected chi connectivity index (χ4v) is 3.32. The fraction of sp³-hybridized carbons (Fsp3) is 1.00. The molecule has 0 radical (unpaired) electrons. The molecule has 0 unspecified atom stereocenters. The van der Waals surface area contributed by atoms with Crippen LogP contribution in [-0.4, -0.2) is 93.2 Å². The van der Waals surface area contributed by atoms with Crippen molar-refractivity contribution in [2.75, 3.05) is 78.5 Å². The van der Waals surface area contributed by atoms with Gasteiger partial charge in [-0.2, -0.15) is 0 Å². The topological polar surface area (TPSA) is 47.8 Å². The number of hydrogen-bond donors (Lipinski definition) is 2.